The molecule has 0 aliphatic carbocycles. The van der Waals surface area contributed by atoms with Crippen molar-refractivity contribution in [3.05, 3.63) is 82.7 Å². The summed E-state index contributed by atoms with van der Waals surface area (Å²) in [5.74, 6) is -0.607. The van der Waals surface area contributed by atoms with Crippen LogP contribution in [0.2, 0.25) is 0 Å². The predicted molar refractivity (Wildman–Crippen MR) is 112 cm³/mol. The second-order valence-electron chi connectivity index (χ2n) is 7.39. The first-order chi connectivity index (χ1) is 14.6. The van der Waals surface area contributed by atoms with Crippen LogP contribution < -0.4 is 5.32 Å². The molecule has 1 N–H and O–H groups in total. The molecule has 4 aromatic rings. The molecule has 0 spiro atoms. The van der Waals surface area contributed by atoms with E-state index in [1.54, 1.807) is 36.4 Å². The number of carbonyl (C=O) groups is 1. The lowest BCUT2D eigenvalue weighted by molar-refractivity contribution is -0.142. The van der Waals surface area contributed by atoms with Gasteiger partial charge in [-0.05, 0) is 44.0 Å². The third-order valence-electron chi connectivity index (χ3n) is 5.15. The molecule has 2 aromatic heterocycles. The Morgan fingerprint density at radius 2 is 1.71 bits per heavy atom. The van der Waals surface area contributed by atoms with E-state index in [2.05, 4.69) is 15.4 Å². The number of aryl methyl sites for hydroxylation is 2. The predicted octanol–water partition coefficient (Wildman–Crippen LogP) is 5.59. The molecule has 2 aromatic carbocycles. The molecule has 1 amide bonds. The highest BCUT2D eigenvalue weighted by Crippen LogP contribution is 2.32. The molecular weight excluding hydrogens is 405 g/mol. The van der Waals surface area contributed by atoms with Gasteiger partial charge in [-0.2, -0.15) is 18.3 Å². The second-order valence-corrected chi connectivity index (χ2v) is 7.39. The number of rotatable bonds is 3. The second kappa shape index (κ2) is 7.54. The highest BCUT2D eigenvalue weighted by atomic mass is 19.4. The molecule has 8 heteroatoms. The van der Waals surface area contributed by atoms with E-state index in [0.29, 0.717) is 15.8 Å². The van der Waals surface area contributed by atoms with Gasteiger partial charge in [0.15, 0.2) is 17.0 Å². The van der Waals surface area contributed by atoms with Gasteiger partial charge in [-0.3, -0.25) is 4.79 Å². The lowest BCUT2D eigenvalue weighted by Gasteiger charge is -2.11. The summed E-state index contributed by atoms with van der Waals surface area (Å²) in [6.07, 6.45) is -4.67. The Morgan fingerprint density at radius 3 is 2.39 bits per heavy atom. The average molecular weight is 424 g/mol. The van der Waals surface area contributed by atoms with Gasteiger partial charge in [0, 0.05) is 17.3 Å². The summed E-state index contributed by atoms with van der Waals surface area (Å²) < 4.78 is 41.9. The molecule has 0 fully saturated rings. The Balaban J connectivity index is 1.79. The maximum absolute atomic E-state index is 13.7. The monoisotopic (exact) mass is 424 g/mol. The standard InChI is InChI=1S/C23H19F3N4O/c1-13-7-9-16(10-8-13)18-11-20(23(24,25)26)30-21(27-18)12-19(29-30)22(31)28-17-6-4-5-14(2)15(17)3/h4-12H,1-3H3,(H,28,31). The van der Waals surface area contributed by atoms with Gasteiger partial charge in [0.05, 0.1) is 5.69 Å². The van der Waals surface area contributed by atoms with Crippen molar-refractivity contribution in [1.29, 1.82) is 0 Å². The number of alkyl halides is 3. The third-order valence-corrected chi connectivity index (χ3v) is 5.15. The van der Waals surface area contributed by atoms with Crippen molar-refractivity contribution >= 4 is 17.2 Å². The maximum Gasteiger partial charge on any atom is 0.433 e. The fourth-order valence-corrected chi connectivity index (χ4v) is 3.23. The van der Waals surface area contributed by atoms with E-state index in [4.69, 9.17) is 0 Å². The molecular formula is C23H19F3N4O. The topological polar surface area (TPSA) is 59.3 Å². The lowest BCUT2D eigenvalue weighted by atomic mass is 10.1. The van der Waals surface area contributed by atoms with Crippen molar-refractivity contribution in [3.8, 4) is 11.3 Å². The summed E-state index contributed by atoms with van der Waals surface area (Å²) in [7, 11) is 0. The molecule has 0 aliphatic heterocycles. The molecule has 2 heterocycles. The number of benzene rings is 2. The number of aromatic nitrogens is 3. The minimum Gasteiger partial charge on any atom is -0.320 e. The van der Waals surface area contributed by atoms with E-state index in [0.717, 1.165) is 22.8 Å². The van der Waals surface area contributed by atoms with E-state index in [1.165, 1.54) is 6.07 Å². The van der Waals surface area contributed by atoms with Gasteiger partial charge in [-0.25, -0.2) is 9.50 Å². The number of nitrogens with zero attached hydrogens (tertiary/aromatic N) is 3. The Hall–Kier alpha value is -3.68. The van der Waals surface area contributed by atoms with Crippen LogP contribution in [0.3, 0.4) is 0 Å². The van der Waals surface area contributed by atoms with Gasteiger partial charge in [-0.15, -0.1) is 0 Å². The maximum atomic E-state index is 13.7. The summed E-state index contributed by atoms with van der Waals surface area (Å²) in [6, 6.07) is 14.6. The van der Waals surface area contributed by atoms with E-state index in [9.17, 15) is 18.0 Å². The van der Waals surface area contributed by atoms with Crippen LogP contribution in [0.25, 0.3) is 16.9 Å². The van der Waals surface area contributed by atoms with Crippen molar-refractivity contribution in [1.82, 2.24) is 14.6 Å². The minimum absolute atomic E-state index is 0.0588. The number of anilines is 1. The molecule has 0 radical (unpaired) electrons. The summed E-state index contributed by atoms with van der Waals surface area (Å²) in [6.45, 7) is 5.65. The first-order valence-corrected chi connectivity index (χ1v) is 9.56. The number of hydrogen-bond donors (Lipinski definition) is 1. The van der Waals surface area contributed by atoms with Crippen LogP contribution in [0, 0.1) is 20.8 Å². The molecule has 0 unspecified atom stereocenters. The number of fused-ring (bicyclic) bond motifs is 1. The van der Waals surface area contributed by atoms with Gasteiger partial charge < -0.3 is 5.32 Å². The highest BCUT2D eigenvalue weighted by Gasteiger charge is 2.35. The van der Waals surface area contributed by atoms with Gasteiger partial charge >= 0.3 is 6.18 Å². The lowest BCUT2D eigenvalue weighted by Crippen LogP contribution is -2.16. The summed E-state index contributed by atoms with van der Waals surface area (Å²) in [5, 5.41) is 6.61. The average Bonchev–Trinajstić information content (AvgIpc) is 3.14. The van der Waals surface area contributed by atoms with Crippen LogP contribution >= 0.6 is 0 Å². The Labute approximate surface area is 176 Å². The number of nitrogens with one attached hydrogen (secondary N) is 1. The number of hydrogen-bond acceptors (Lipinski definition) is 3. The Bertz CT molecular complexity index is 1290. The van der Waals surface area contributed by atoms with Crippen molar-refractivity contribution in [2.75, 3.05) is 5.32 Å². The van der Waals surface area contributed by atoms with Crippen molar-refractivity contribution in [2.24, 2.45) is 0 Å². The highest BCUT2D eigenvalue weighted by molar-refractivity contribution is 6.04. The van der Waals surface area contributed by atoms with Crippen LogP contribution in [0.15, 0.2) is 54.6 Å². The fraction of sp³-hybridized carbons (Fsp3) is 0.174. The molecule has 0 aliphatic rings. The van der Waals surface area contributed by atoms with E-state index >= 15 is 0 Å². The number of halogens is 3. The summed E-state index contributed by atoms with van der Waals surface area (Å²) in [5.41, 5.74) is 2.90. The van der Waals surface area contributed by atoms with Crippen LogP contribution in [0.5, 0.6) is 0 Å². The van der Waals surface area contributed by atoms with E-state index in [1.807, 2.05) is 26.8 Å². The largest absolute Gasteiger partial charge is 0.433 e. The van der Waals surface area contributed by atoms with Gasteiger partial charge in [0.1, 0.15) is 0 Å². The molecule has 5 nitrogen and oxygen atoms in total. The Kier molecular flexibility index (Phi) is 5.00. The van der Waals surface area contributed by atoms with E-state index < -0.39 is 17.8 Å². The zero-order valence-electron chi connectivity index (χ0n) is 17.1. The molecule has 0 bridgehead atoms. The van der Waals surface area contributed by atoms with Crippen molar-refractivity contribution in [3.63, 3.8) is 0 Å². The SMILES string of the molecule is Cc1ccc(-c2cc(C(F)(F)F)n3nc(C(=O)Nc4cccc(C)c4C)cc3n2)cc1. The number of carbonyl (C=O) groups excluding carboxylic acids is 1. The van der Waals surface area contributed by atoms with Crippen LogP contribution in [-0.4, -0.2) is 20.5 Å². The quantitative estimate of drug-likeness (QED) is 0.466. The van der Waals surface area contributed by atoms with Crippen LogP contribution in [0.1, 0.15) is 32.9 Å². The van der Waals surface area contributed by atoms with Crippen molar-refractivity contribution < 1.29 is 18.0 Å². The first kappa shape index (κ1) is 20.6. The summed E-state index contributed by atoms with van der Waals surface area (Å²) in [4.78, 5) is 17.0. The third kappa shape index (κ3) is 4.01. The molecule has 4 rings (SSSR count). The molecule has 0 saturated heterocycles. The first-order valence-electron chi connectivity index (χ1n) is 9.56. The zero-order chi connectivity index (χ0) is 22.3. The molecule has 0 saturated carbocycles. The normalized spacial score (nSPS) is 11.7. The van der Waals surface area contributed by atoms with Crippen LogP contribution in [0.4, 0.5) is 18.9 Å². The number of amides is 1. The van der Waals surface area contributed by atoms with Crippen LogP contribution in [-0.2, 0) is 6.18 Å². The summed E-state index contributed by atoms with van der Waals surface area (Å²) >= 11 is 0. The molecule has 0 atom stereocenters. The van der Waals surface area contributed by atoms with Gasteiger partial charge in [-0.1, -0.05) is 42.0 Å². The molecule has 158 valence electrons. The fourth-order valence-electron chi connectivity index (χ4n) is 3.23. The van der Waals surface area contributed by atoms with E-state index in [-0.39, 0.29) is 17.0 Å². The Morgan fingerprint density at radius 1 is 1.00 bits per heavy atom. The minimum atomic E-state index is -4.67. The smallest absolute Gasteiger partial charge is 0.320 e. The van der Waals surface area contributed by atoms with Crippen molar-refractivity contribution in [2.45, 2.75) is 26.9 Å². The molecule has 31 heavy (non-hydrogen) atoms. The van der Waals surface area contributed by atoms with Gasteiger partial charge in [0.25, 0.3) is 5.91 Å². The zero-order valence-corrected chi connectivity index (χ0v) is 17.1. The van der Waals surface area contributed by atoms with Gasteiger partial charge in [0.2, 0.25) is 0 Å².